The molecule has 0 bridgehead atoms. The number of aryl methyl sites for hydroxylation is 1. The fourth-order valence-corrected chi connectivity index (χ4v) is 3.65. The fourth-order valence-electron chi connectivity index (χ4n) is 3.65. The second-order valence-corrected chi connectivity index (χ2v) is 7.49. The fraction of sp³-hybridized carbons (Fsp3) is 0.348. The molecule has 1 aliphatic heterocycles. The van der Waals surface area contributed by atoms with E-state index in [9.17, 15) is 23.2 Å². The number of carbonyl (C=O) groups is 3. The maximum absolute atomic E-state index is 13.0. The maximum atomic E-state index is 13.0. The lowest BCUT2D eigenvalue weighted by Gasteiger charge is -2.20. The summed E-state index contributed by atoms with van der Waals surface area (Å²) < 4.78 is 45.2. The van der Waals surface area contributed by atoms with Crippen molar-refractivity contribution in [3.8, 4) is 17.2 Å². The molecule has 0 saturated carbocycles. The van der Waals surface area contributed by atoms with Crippen molar-refractivity contribution < 1.29 is 42.1 Å². The summed E-state index contributed by atoms with van der Waals surface area (Å²) in [5, 5.41) is 2.53. The van der Waals surface area contributed by atoms with Gasteiger partial charge >= 0.3 is 12.6 Å². The first-order valence-corrected chi connectivity index (χ1v) is 10.2. The third kappa shape index (κ3) is 5.19. The number of amides is 2. The topological polar surface area (TPSA) is 103 Å². The van der Waals surface area contributed by atoms with Gasteiger partial charge in [-0.05, 0) is 24.6 Å². The zero-order valence-corrected chi connectivity index (χ0v) is 19.0. The van der Waals surface area contributed by atoms with E-state index in [4.69, 9.17) is 14.2 Å². The number of ether oxygens (including phenoxy) is 4. The zero-order chi connectivity index (χ0) is 25.0. The Balaban J connectivity index is 1.88. The summed E-state index contributed by atoms with van der Waals surface area (Å²) in [6.45, 7) is -1.23. The van der Waals surface area contributed by atoms with Crippen LogP contribution in [0.5, 0.6) is 17.2 Å². The van der Waals surface area contributed by atoms with Gasteiger partial charge in [0.2, 0.25) is 11.8 Å². The molecule has 1 heterocycles. The van der Waals surface area contributed by atoms with E-state index in [0.717, 1.165) is 24.8 Å². The van der Waals surface area contributed by atoms with Crippen LogP contribution in [-0.2, 0) is 14.3 Å². The number of esters is 1. The SMILES string of the molecule is COC(=O)c1cc(OC)c(OC(F)F)cc1NC(=O)C1CC(=O)N(c2cc(C)ccc2OC)C1. The van der Waals surface area contributed by atoms with E-state index in [-0.39, 0.29) is 41.6 Å². The van der Waals surface area contributed by atoms with Crippen LogP contribution in [0.1, 0.15) is 22.3 Å². The number of benzene rings is 2. The number of nitrogens with zero attached hydrogens (tertiary/aromatic N) is 1. The molecule has 2 aromatic rings. The Kier molecular flexibility index (Phi) is 7.54. The highest BCUT2D eigenvalue weighted by Gasteiger charge is 2.37. The normalized spacial score (nSPS) is 15.3. The molecule has 1 atom stereocenters. The molecule has 0 spiro atoms. The van der Waals surface area contributed by atoms with Crippen LogP contribution in [0.15, 0.2) is 30.3 Å². The van der Waals surface area contributed by atoms with Crippen LogP contribution in [0, 0.1) is 12.8 Å². The van der Waals surface area contributed by atoms with E-state index in [0.29, 0.717) is 11.4 Å². The second-order valence-electron chi connectivity index (χ2n) is 7.49. The molecule has 1 saturated heterocycles. The molecular formula is C23H24F2N2O7. The van der Waals surface area contributed by atoms with Gasteiger partial charge in [0.05, 0.1) is 44.2 Å². The minimum absolute atomic E-state index is 0.0641. The van der Waals surface area contributed by atoms with Crippen LogP contribution in [0.3, 0.4) is 0 Å². The number of hydrogen-bond donors (Lipinski definition) is 1. The molecule has 9 nitrogen and oxygen atoms in total. The smallest absolute Gasteiger partial charge is 0.387 e. The maximum Gasteiger partial charge on any atom is 0.387 e. The van der Waals surface area contributed by atoms with Crippen LogP contribution in [0.25, 0.3) is 0 Å². The first-order valence-electron chi connectivity index (χ1n) is 10.2. The number of methoxy groups -OCH3 is 3. The van der Waals surface area contributed by atoms with Crippen LogP contribution in [0.2, 0.25) is 0 Å². The van der Waals surface area contributed by atoms with Gasteiger partial charge in [0.25, 0.3) is 0 Å². The molecular weight excluding hydrogens is 454 g/mol. The Labute approximate surface area is 194 Å². The van der Waals surface area contributed by atoms with E-state index in [1.54, 1.807) is 12.1 Å². The lowest BCUT2D eigenvalue weighted by atomic mass is 10.1. The Morgan fingerprint density at radius 1 is 1.06 bits per heavy atom. The van der Waals surface area contributed by atoms with Crippen molar-refractivity contribution in [2.75, 3.05) is 38.1 Å². The molecule has 1 unspecified atom stereocenters. The van der Waals surface area contributed by atoms with Crippen molar-refractivity contribution >= 4 is 29.2 Å². The van der Waals surface area contributed by atoms with E-state index in [1.807, 2.05) is 13.0 Å². The molecule has 0 radical (unpaired) electrons. The van der Waals surface area contributed by atoms with E-state index in [2.05, 4.69) is 10.1 Å². The number of nitrogens with one attached hydrogen (secondary N) is 1. The summed E-state index contributed by atoms with van der Waals surface area (Å²) in [5.41, 5.74) is 1.20. The van der Waals surface area contributed by atoms with Crippen molar-refractivity contribution in [1.82, 2.24) is 0 Å². The van der Waals surface area contributed by atoms with Crippen LogP contribution in [-0.4, -0.2) is 52.3 Å². The Bertz CT molecular complexity index is 1110. The minimum atomic E-state index is -3.16. The Morgan fingerprint density at radius 2 is 1.76 bits per heavy atom. The summed E-state index contributed by atoms with van der Waals surface area (Å²) in [6.07, 6.45) is -0.0902. The highest BCUT2D eigenvalue weighted by Crippen LogP contribution is 2.37. The third-order valence-corrected chi connectivity index (χ3v) is 5.30. The third-order valence-electron chi connectivity index (χ3n) is 5.30. The van der Waals surface area contributed by atoms with Gasteiger partial charge in [0.1, 0.15) is 5.75 Å². The highest BCUT2D eigenvalue weighted by molar-refractivity contribution is 6.07. The quantitative estimate of drug-likeness (QED) is 0.580. The van der Waals surface area contributed by atoms with Gasteiger partial charge in [0.15, 0.2) is 11.5 Å². The lowest BCUT2D eigenvalue weighted by molar-refractivity contribution is -0.122. The van der Waals surface area contributed by atoms with Crippen molar-refractivity contribution in [3.63, 3.8) is 0 Å². The molecule has 2 aromatic carbocycles. The van der Waals surface area contributed by atoms with Crippen molar-refractivity contribution in [2.24, 2.45) is 5.92 Å². The van der Waals surface area contributed by atoms with Gasteiger partial charge in [-0.1, -0.05) is 6.07 Å². The summed E-state index contributed by atoms with van der Waals surface area (Å²) in [6, 6.07) is 7.53. The summed E-state index contributed by atoms with van der Waals surface area (Å²) in [5.74, 6) is -2.51. The molecule has 11 heteroatoms. The van der Waals surface area contributed by atoms with Gasteiger partial charge in [-0.25, -0.2) is 4.79 Å². The minimum Gasteiger partial charge on any atom is -0.495 e. The summed E-state index contributed by atoms with van der Waals surface area (Å²) in [4.78, 5) is 39.4. The molecule has 34 heavy (non-hydrogen) atoms. The predicted molar refractivity (Wildman–Crippen MR) is 118 cm³/mol. The van der Waals surface area contributed by atoms with Crippen molar-refractivity contribution in [1.29, 1.82) is 0 Å². The number of anilines is 2. The molecule has 0 aromatic heterocycles. The molecule has 3 rings (SSSR count). The standard InChI is InChI=1S/C23H24F2N2O7/c1-12-5-6-17(31-2)16(7-12)27-11-13(8-20(27)28)21(29)26-15-10-19(34-23(24)25)18(32-3)9-14(15)22(30)33-4/h5-7,9-10,13,23H,8,11H2,1-4H3,(H,26,29). The summed E-state index contributed by atoms with van der Waals surface area (Å²) in [7, 11) is 3.83. The molecule has 1 N–H and O–H groups in total. The monoisotopic (exact) mass is 478 g/mol. The van der Waals surface area contributed by atoms with Crippen LogP contribution in [0.4, 0.5) is 20.2 Å². The lowest BCUT2D eigenvalue weighted by Crippen LogP contribution is -2.29. The number of halogens is 2. The molecule has 1 fully saturated rings. The van der Waals surface area contributed by atoms with Crippen LogP contribution >= 0.6 is 0 Å². The Hall–Kier alpha value is -3.89. The van der Waals surface area contributed by atoms with E-state index < -0.39 is 24.4 Å². The van der Waals surface area contributed by atoms with Crippen LogP contribution < -0.4 is 24.4 Å². The van der Waals surface area contributed by atoms with Gasteiger partial charge in [-0.2, -0.15) is 8.78 Å². The van der Waals surface area contributed by atoms with Gasteiger partial charge in [0, 0.05) is 25.1 Å². The number of carbonyl (C=O) groups excluding carboxylic acids is 3. The second kappa shape index (κ2) is 10.4. The average Bonchev–Trinajstić information content (AvgIpc) is 3.19. The largest absolute Gasteiger partial charge is 0.495 e. The van der Waals surface area contributed by atoms with Crippen molar-refractivity contribution in [3.05, 3.63) is 41.5 Å². The molecule has 1 aliphatic rings. The first-order chi connectivity index (χ1) is 16.2. The number of alkyl halides is 2. The zero-order valence-electron chi connectivity index (χ0n) is 19.0. The van der Waals surface area contributed by atoms with Gasteiger partial charge in [-0.3, -0.25) is 9.59 Å². The first kappa shape index (κ1) is 24.7. The van der Waals surface area contributed by atoms with Gasteiger partial charge in [-0.15, -0.1) is 0 Å². The molecule has 182 valence electrons. The predicted octanol–water partition coefficient (Wildman–Crippen LogP) is 3.39. The Morgan fingerprint density at radius 3 is 2.38 bits per heavy atom. The van der Waals surface area contributed by atoms with E-state index >= 15 is 0 Å². The molecule has 0 aliphatic carbocycles. The van der Waals surface area contributed by atoms with E-state index in [1.165, 1.54) is 19.1 Å². The van der Waals surface area contributed by atoms with Crippen molar-refractivity contribution in [2.45, 2.75) is 20.0 Å². The number of hydrogen-bond acceptors (Lipinski definition) is 7. The molecule has 2 amide bonds. The van der Waals surface area contributed by atoms with Gasteiger partial charge < -0.3 is 29.2 Å². The number of rotatable bonds is 8. The average molecular weight is 478 g/mol. The summed E-state index contributed by atoms with van der Waals surface area (Å²) >= 11 is 0. The highest BCUT2D eigenvalue weighted by atomic mass is 19.3.